The Morgan fingerprint density at radius 3 is 2.64 bits per heavy atom. The van der Waals surface area contributed by atoms with Gasteiger partial charge in [-0.15, -0.1) is 0 Å². The van der Waals surface area contributed by atoms with Crippen LogP contribution < -0.4 is 30.9 Å². The molecule has 3 aromatic rings. The average molecular weight is 641 g/mol. The molecule has 0 bridgehead atoms. The minimum atomic E-state index is -2.08. The average Bonchev–Trinajstić information content (AvgIpc) is 3.33. The molecule has 2 saturated heterocycles. The predicted molar refractivity (Wildman–Crippen MR) is 160 cm³/mol. The van der Waals surface area contributed by atoms with Crippen molar-refractivity contribution in [3.05, 3.63) is 53.7 Å². The molecule has 2 aromatic carbocycles. The summed E-state index contributed by atoms with van der Waals surface area (Å²) in [6.45, 7) is 8.66. The normalized spacial score (nSPS) is 17.1. The van der Waals surface area contributed by atoms with Crippen LogP contribution in [0.3, 0.4) is 0 Å². The predicted octanol–water partition coefficient (Wildman–Crippen LogP) is 5.34. The fourth-order valence-electron chi connectivity index (χ4n) is 4.82. The molecule has 0 amide bonds. The third-order valence-electron chi connectivity index (χ3n) is 7.00. The van der Waals surface area contributed by atoms with Crippen molar-refractivity contribution in [1.29, 1.82) is 0 Å². The second kappa shape index (κ2) is 10.5. The molecule has 0 radical (unpaired) electrons. The van der Waals surface area contributed by atoms with Crippen LogP contribution in [0, 0.1) is 5.41 Å². The zero-order valence-electron chi connectivity index (χ0n) is 20.6. The molecule has 0 unspecified atom stereocenters. The number of methoxy groups -OCH3 is 1. The number of ether oxygens (including phenoxy) is 1. The standard InChI is InChI=1S/C25H31ClIN6O2P/c1-34-21-12-17(33-11-10-25(16-33)14-28-15-25)8-9-19(21)31-24-29-13-18(26)23(32-24)30-20-6-4-5-7-22(20)36(2,3)35-27/h4-9,12-13,28,36H,10-11,14-16H2,1-3H3,(H2,29,30,31,32). The molecule has 2 aliphatic heterocycles. The summed E-state index contributed by atoms with van der Waals surface area (Å²) in [5.74, 6) is 1.69. The Bertz CT molecular complexity index is 1260. The molecule has 3 heterocycles. The van der Waals surface area contributed by atoms with Gasteiger partial charge in [0.05, 0.1) is 0 Å². The van der Waals surface area contributed by atoms with Crippen molar-refractivity contribution in [2.45, 2.75) is 6.42 Å². The zero-order chi connectivity index (χ0) is 25.3. The van der Waals surface area contributed by atoms with E-state index in [2.05, 4.69) is 62.3 Å². The monoisotopic (exact) mass is 640 g/mol. The molecule has 1 aromatic heterocycles. The summed E-state index contributed by atoms with van der Waals surface area (Å²) in [4.78, 5) is 11.5. The Kier molecular flexibility index (Phi) is 7.47. The van der Waals surface area contributed by atoms with Gasteiger partial charge in [-0.3, -0.25) is 0 Å². The Morgan fingerprint density at radius 2 is 1.94 bits per heavy atom. The summed E-state index contributed by atoms with van der Waals surface area (Å²) in [6, 6.07) is 14.3. The second-order valence-corrected chi connectivity index (χ2v) is 15.4. The van der Waals surface area contributed by atoms with E-state index >= 15 is 0 Å². The minimum absolute atomic E-state index is 0.424. The van der Waals surface area contributed by atoms with E-state index in [0.717, 1.165) is 48.6 Å². The topological polar surface area (TPSA) is 83.6 Å². The quantitative estimate of drug-likeness (QED) is 0.225. The molecule has 36 heavy (non-hydrogen) atoms. The molecule has 0 atom stereocenters. The molecule has 0 aliphatic carbocycles. The molecule has 5 rings (SSSR count). The number of benzene rings is 2. The third kappa shape index (κ3) is 5.22. The molecule has 192 valence electrons. The number of nitrogens with zero attached hydrogens (tertiary/aromatic N) is 3. The summed E-state index contributed by atoms with van der Waals surface area (Å²) >= 11 is 8.46. The van der Waals surface area contributed by atoms with E-state index in [1.807, 2.05) is 47.3 Å². The number of rotatable bonds is 8. The second-order valence-electron chi connectivity index (χ2n) is 9.93. The van der Waals surface area contributed by atoms with Crippen molar-refractivity contribution in [2.75, 3.05) is 62.2 Å². The van der Waals surface area contributed by atoms with Gasteiger partial charge >= 0.3 is 189 Å². The molecular formula is C25H31ClIN6O2P. The van der Waals surface area contributed by atoms with Gasteiger partial charge in [-0.05, 0) is 6.42 Å². The molecule has 1 spiro atoms. The van der Waals surface area contributed by atoms with Crippen LogP contribution in [0.1, 0.15) is 6.42 Å². The number of hydrogen-bond acceptors (Lipinski definition) is 8. The van der Waals surface area contributed by atoms with Crippen molar-refractivity contribution < 1.29 is 7.59 Å². The van der Waals surface area contributed by atoms with E-state index < -0.39 is 7.49 Å². The van der Waals surface area contributed by atoms with E-state index in [0.29, 0.717) is 22.2 Å². The van der Waals surface area contributed by atoms with E-state index in [4.69, 9.17) is 19.2 Å². The van der Waals surface area contributed by atoms with Crippen molar-refractivity contribution in [3.8, 4) is 5.75 Å². The van der Waals surface area contributed by atoms with Crippen LogP contribution in [0.5, 0.6) is 5.75 Å². The van der Waals surface area contributed by atoms with Crippen molar-refractivity contribution in [1.82, 2.24) is 15.3 Å². The van der Waals surface area contributed by atoms with E-state index in [9.17, 15) is 0 Å². The van der Waals surface area contributed by atoms with Gasteiger partial charge in [-0.1, -0.05) is 0 Å². The number of anilines is 5. The molecule has 11 heteroatoms. The Balaban J connectivity index is 1.36. The van der Waals surface area contributed by atoms with Crippen molar-refractivity contribution in [3.63, 3.8) is 0 Å². The summed E-state index contributed by atoms with van der Waals surface area (Å²) in [7, 11) is -0.403. The number of halogens is 2. The summed E-state index contributed by atoms with van der Waals surface area (Å²) in [5, 5.41) is 11.7. The van der Waals surface area contributed by atoms with Gasteiger partial charge in [0, 0.05) is 31.6 Å². The van der Waals surface area contributed by atoms with E-state index in [-0.39, 0.29) is 0 Å². The van der Waals surface area contributed by atoms with E-state index in [1.165, 1.54) is 12.1 Å². The first-order valence-corrected chi connectivity index (χ1v) is 16.1. The van der Waals surface area contributed by atoms with Gasteiger partial charge in [-0.2, -0.15) is 0 Å². The Hall–Kier alpha value is -1.91. The molecule has 8 nitrogen and oxygen atoms in total. The molecular weight excluding hydrogens is 610 g/mol. The first kappa shape index (κ1) is 25.7. The van der Waals surface area contributed by atoms with Gasteiger partial charge in [0.15, 0.2) is 0 Å². The number of nitrogens with one attached hydrogen (secondary N) is 3. The van der Waals surface area contributed by atoms with Crippen LogP contribution in [0.4, 0.5) is 28.8 Å². The number of para-hydroxylation sites is 1. The SMILES string of the molecule is COc1cc(N2CCC3(CNC3)C2)ccc1Nc1ncc(Cl)c(Nc2ccccc2[PH](C)(C)OI)n1. The Labute approximate surface area is 231 Å². The van der Waals surface area contributed by atoms with Crippen LogP contribution in [-0.4, -0.2) is 56.6 Å². The van der Waals surface area contributed by atoms with Gasteiger partial charge in [0.2, 0.25) is 0 Å². The van der Waals surface area contributed by atoms with Crippen molar-refractivity contribution >= 4 is 76.2 Å². The first-order valence-electron chi connectivity index (χ1n) is 11.9. The van der Waals surface area contributed by atoms with E-state index in [1.54, 1.807) is 13.3 Å². The van der Waals surface area contributed by atoms with Crippen LogP contribution in [0.15, 0.2) is 48.7 Å². The molecule has 0 saturated carbocycles. The van der Waals surface area contributed by atoms with Crippen LogP contribution >= 0.6 is 42.1 Å². The first-order chi connectivity index (χ1) is 17.3. The number of aromatic nitrogens is 2. The summed E-state index contributed by atoms with van der Waals surface area (Å²) in [6.07, 6.45) is 2.82. The van der Waals surface area contributed by atoms with Gasteiger partial charge in [-0.25, -0.2) is 0 Å². The molecule has 2 fully saturated rings. The van der Waals surface area contributed by atoms with Crippen LogP contribution in [-0.2, 0) is 2.85 Å². The molecule has 3 N–H and O–H groups in total. The molecule has 2 aliphatic rings. The zero-order valence-corrected chi connectivity index (χ0v) is 24.5. The summed E-state index contributed by atoms with van der Waals surface area (Å²) < 4.78 is 11.5. The summed E-state index contributed by atoms with van der Waals surface area (Å²) in [5.41, 5.74) is 3.32. The van der Waals surface area contributed by atoms with Gasteiger partial charge < -0.3 is 5.32 Å². The van der Waals surface area contributed by atoms with Crippen LogP contribution in [0.2, 0.25) is 5.02 Å². The fourth-order valence-corrected chi connectivity index (χ4v) is 7.05. The van der Waals surface area contributed by atoms with Gasteiger partial charge in [0.1, 0.15) is 0 Å². The number of hydrogen-bond donors (Lipinski definition) is 3. The maximum absolute atomic E-state index is 6.47. The fraction of sp³-hybridized carbons (Fsp3) is 0.360. The van der Waals surface area contributed by atoms with Crippen LogP contribution in [0.25, 0.3) is 0 Å². The van der Waals surface area contributed by atoms with Crippen molar-refractivity contribution in [2.24, 2.45) is 5.41 Å². The van der Waals surface area contributed by atoms with Gasteiger partial charge in [0.25, 0.3) is 0 Å². The Morgan fingerprint density at radius 1 is 1.14 bits per heavy atom. The third-order valence-corrected chi connectivity index (χ3v) is 12.7. The maximum atomic E-state index is 6.47.